The van der Waals surface area contributed by atoms with Crippen molar-refractivity contribution in [3.05, 3.63) is 113 Å². The molecule has 1 atom stereocenters. The fourth-order valence-corrected chi connectivity index (χ4v) is 6.50. The van der Waals surface area contributed by atoms with Crippen LogP contribution in [0.5, 0.6) is 11.5 Å². The van der Waals surface area contributed by atoms with Crippen LogP contribution in [0.25, 0.3) is 16.6 Å². The Kier molecular flexibility index (Phi) is 10.3. The molecule has 0 aliphatic rings. The molecule has 0 bridgehead atoms. The number of thiophene rings is 1. The lowest BCUT2D eigenvalue weighted by atomic mass is 10.1. The highest BCUT2D eigenvalue weighted by Gasteiger charge is 2.19. The van der Waals surface area contributed by atoms with Gasteiger partial charge in [-0.15, -0.1) is 34.4 Å². The van der Waals surface area contributed by atoms with E-state index < -0.39 is 17.1 Å². The summed E-state index contributed by atoms with van der Waals surface area (Å²) in [6.07, 6.45) is 1.47. The molecule has 228 valence electrons. The van der Waals surface area contributed by atoms with E-state index in [1.54, 1.807) is 72.9 Å². The number of hydrogen-bond acceptors (Lipinski definition) is 9. The summed E-state index contributed by atoms with van der Waals surface area (Å²) in [7, 11) is 1.44. The predicted octanol–water partition coefficient (Wildman–Crippen LogP) is 7.11. The van der Waals surface area contributed by atoms with Crippen LogP contribution in [-0.4, -0.2) is 40.2 Å². The highest BCUT2D eigenvalue weighted by Crippen LogP contribution is 2.31. The number of thiazole rings is 1. The van der Waals surface area contributed by atoms with E-state index in [0.717, 1.165) is 15.5 Å². The van der Waals surface area contributed by atoms with Gasteiger partial charge in [-0.1, -0.05) is 30.3 Å². The van der Waals surface area contributed by atoms with E-state index in [-0.39, 0.29) is 17.4 Å². The average molecular weight is 657 g/mol. The zero-order chi connectivity index (χ0) is 31.8. The number of aromatic nitrogens is 1. The van der Waals surface area contributed by atoms with Crippen LogP contribution in [-0.2, 0) is 9.59 Å². The molecule has 0 saturated heterocycles. The Morgan fingerprint density at radius 3 is 2.53 bits per heavy atom. The number of methoxy groups -OCH3 is 1. The van der Waals surface area contributed by atoms with Crippen molar-refractivity contribution in [1.82, 2.24) is 10.3 Å². The van der Waals surface area contributed by atoms with Gasteiger partial charge in [0.05, 0.1) is 22.9 Å². The van der Waals surface area contributed by atoms with Gasteiger partial charge in [0.15, 0.2) is 5.13 Å². The number of anilines is 2. The second kappa shape index (κ2) is 14.7. The number of rotatable bonds is 11. The number of nitrogens with one attached hydrogen (secondary N) is 3. The summed E-state index contributed by atoms with van der Waals surface area (Å²) in [5.41, 5.74) is 2.10. The SMILES string of the molecule is COc1cc(O)ccc1/C=C(/NC(=O)c1ccccc1)C(=O)Nc1cccc(SC(C)C(=O)Nc2nc(-c3cccs3)cs2)c1. The first-order chi connectivity index (χ1) is 21.8. The Balaban J connectivity index is 1.29. The van der Waals surface area contributed by atoms with E-state index in [1.807, 2.05) is 29.0 Å². The summed E-state index contributed by atoms with van der Waals surface area (Å²) >= 11 is 4.29. The molecular weight excluding hydrogens is 629 g/mol. The van der Waals surface area contributed by atoms with Gasteiger partial charge in [0, 0.05) is 33.2 Å². The van der Waals surface area contributed by atoms with Gasteiger partial charge in [-0.25, -0.2) is 4.98 Å². The van der Waals surface area contributed by atoms with E-state index in [1.165, 1.54) is 48.4 Å². The maximum Gasteiger partial charge on any atom is 0.272 e. The largest absolute Gasteiger partial charge is 0.508 e. The molecule has 3 aromatic carbocycles. The van der Waals surface area contributed by atoms with E-state index in [0.29, 0.717) is 27.7 Å². The molecule has 5 aromatic rings. The van der Waals surface area contributed by atoms with Crippen LogP contribution in [0.2, 0.25) is 0 Å². The number of amides is 3. The molecule has 0 radical (unpaired) electrons. The second-order valence-corrected chi connectivity index (χ2v) is 12.8. The molecule has 0 saturated carbocycles. The number of benzene rings is 3. The lowest BCUT2D eigenvalue weighted by molar-refractivity contribution is -0.115. The summed E-state index contributed by atoms with van der Waals surface area (Å²) in [5, 5.41) is 22.2. The molecular formula is C33H28N4O5S3. The Labute approximate surface area is 272 Å². The van der Waals surface area contributed by atoms with Gasteiger partial charge in [0.25, 0.3) is 11.8 Å². The summed E-state index contributed by atoms with van der Waals surface area (Å²) in [5.74, 6) is -0.928. The number of hydrogen-bond donors (Lipinski definition) is 4. The highest BCUT2D eigenvalue weighted by atomic mass is 32.2. The van der Waals surface area contributed by atoms with Crippen LogP contribution >= 0.6 is 34.4 Å². The number of carbonyl (C=O) groups excluding carboxylic acids is 3. The van der Waals surface area contributed by atoms with Crippen molar-refractivity contribution in [3.8, 4) is 22.1 Å². The standard InChI is InChI=1S/C33H28N4O5S3/c1-20(30(39)37-33-36-27(19-44-33)29-12-7-15-43-29)45-25-11-6-10-23(17-25)34-32(41)26(35-31(40)21-8-4-3-5-9-21)16-22-13-14-24(38)18-28(22)42-2/h3-20,38H,1-2H3,(H,34,41)(H,35,40)(H,36,37,39)/b26-16+. The predicted molar refractivity (Wildman–Crippen MR) is 181 cm³/mol. The van der Waals surface area contributed by atoms with Gasteiger partial charge in [-0.05, 0) is 66.9 Å². The number of ether oxygens (including phenoxy) is 1. The van der Waals surface area contributed by atoms with Crippen molar-refractivity contribution < 1.29 is 24.2 Å². The summed E-state index contributed by atoms with van der Waals surface area (Å²) < 4.78 is 5.35. The van der Waals surface area contributed by atoms with Gasteiger partial charge in [-0.2, -0.15) is 0 Å². The van der Waals surface area contributed by atoms with Gasteiger partial charge >= 0.3 is 0 Å². The van der Waals surface area contributed by atoms with Crippen molar-refractivity contribution >= 4 is 69.1 Å². The van der Waals surface area contributed by atoms with Crippen molar-refractivity contribution in [2.45, 2.75) is 17.1 Å². The molecule has 0 aliphatic heterocycles. The molecule has 0 spiro atoms. The van der Waals surface area contributed by atoms with Crippen LogP contribution in [0, 0.1) is 0 Å². The third-order valence-electron chi connectivity index (χ3n) is 6.33. The third-order valence-corrected chi connectivity index (χ3v) is 9.07. The van der Waals surface area contributed by atoms with Gasteiger partial charge < -0.3 is 25.8 Å². The van der Waals surface area contributed by atoms with Crippen molar-refractivity contribution in [3.63, 3.8) is 0 Å². The molecule has 4 N–H and O–H groups in total. The average Bonchev–Trinajstić information content (AvgIpc) is 3.75. The number of thioether (sulfide) groups is 1. The minimum Gasteiger partial charge on any atom is -0.508 e. The molecule has 0 fully saturated rings. The molecule has 9 nitrogen and oxygen atoms in total. The summed E-state index contributed by atoms with van der Waals surface area (Å²) in [4.78, 5) is 45.7. The molecule has 5 rings (SSSR count). The Morgan fingerprint density at radius 1 is 0.956 bits per heavy atom. The van der Waals surface area contributed by atoms with Gasteiger partial charge in [0.2, 0.25) is 5.91 Å². The first kappa shape index (κ1) is 31.5. The van der Waals surface area contributed by atoms with E-state index >= 15 is 0 Å². The number of aromatic hydroxyl groups is 1. The zero-order valence-electron chi connectivity index (χ0n) is 24.1. The maximum absolute atomic E-state index is 13.5. The smallest absolute Gasteiger partial charge is 0.272 e. The lowest BCUT2D eigenvalue weighted by Crippen LogP contribution is -2.30. The Hall–Kier alpha value is -4.91. The topological polar surface area (TPSA) is 130 Å². The van der Waals surface area contributed by atoms with Crippen molar-refractivity contribution in [2.75, 3.05) is 17.7 Å². The summed E-state index contributed by atoms with van der Waals surface area (Å²) in [6.45, 7) is 1.80. The van der Waals surface area contributed by atoms with E-state index in [9.17, 15) is 19.5 Å². The molecule has 2 heterocycles. The number of phenols is 1. The zero-order valence-corrected chi connectivity index (χ0v) is 26.6. The van der Waals surface area contributed by atoms with Crippen LogP contribution in [0.1, 0.15) is 22.8 Å². The first-order valence-electron chi connectivity index (χ1n) is 13.6. The number of carbonyl (C=O) groups is 3. The third kappa shape index (κ3) is 8.38. The second-order valence-electron chi connectivity index (χ2n) is 9.55. The summed E-state index contributed by atoms with van der Waals surface area (Å²) in [6, 6.07) is 24.0. The molecule has 12 heteroatoms. The van der Waals surface area contributed by atoms with Gasteiger partial charge in [-0.3, -0.25) is 14.4 Å². The molecule has 45 heavy (non-hydrogen) atoms. The van der Waals surface area contributed by atoms with E-state index in [2.05, 4.69) is 20.9 Å². The van der Waals surface area contributed by atoms with Crippen LogP contribution in [0.3, 0.4) is 0 Å². The molecule has 0 aliphatic carbocycles. The quantitative estimate of drug-likeness (QED) is 0.0881. The first-order valence-corrected chi connectivity index (χ1v) is 16.3. The molecule has 1 unspecified atom stereocenters. The van der Waals surface area contributed by atoms with E-state index in [4.69, 9.17) is 4.74 Å². The van der Waals surface area contributed by atoms with Crippen LogP contribution in [0.15, 0.2) is 106 Å². The van der Waals surface area contributed by atoms with Gasteiger partial charge in [0.1, 0.15) is 17.2 Å². The Bertz CT molecular complexity index is 1840. The van der Waals surface area contributed by atoms with Crippen LogP contribution in [0.4, 0.5) is 10.8 Å². The fraction of sp³-hybridized carbons (Fsp3) is 0.0909. The fourth-order valence-electron chi connectivity index (χ4n) is 4.10. The molecule has 2 aromatic heterocycles. The van der Waals surface area contributed by atoms with Crippen LogP contribution < -0.4 is 20.7 Å². The number of nitrogens with zero attached hydrogens (tertiary/aromatic N) is 1. The normalized spacial score (nSPS) is 11.8. The molecule has 3 amide bonds. The lowest BCUT2D eigenvalue weighted by Gasteiger charge is -2.14. The van der Waals surface area contributed by atoms with Crippen molar-refractivity contribution in [1.29, 1.82) is 0 Å². The monoisotopic (exact) mass is 656 g/mol. The highest BCUT2D eigenvalue weighted by molar-refractivity contribution is 8.00. The minimum absolute atomic E-state index is 0.00433. The number of phenolic OH excluding ortho intramolecular Hbond substituents is 1. The minimum atomic E-state index is -0.576. The van der Waals surface area contributed by atoms with Crippen molar-refractivity contribution in [2.24, 2.45) is 0 Å². The maximum atomic E-state index is 13.5. The Morgan fingerprint density at radius 2 is 1.78 bits per heavy atom.